The van der Waals surface area contributed by atoms with Crippen LogP contribution in [0.2, 0.25) is 0 Å². The van der Waals surface area contributed by atoms with Gasteiger partial charge in [0.15, 0.2) is 5.70 Å². The minimum absolute atomic E-state index is 0.282. The Labute approximate surface area is 128 Å². The van der Waals surface area contributed by atoms with E-state index in [1.165, 1.54) is 0 Å². The van der Waals surface area contributed by atoms with E-state index in [-0.39, 0.29) is 5.70 Å². The number of benzene rings is 2. The van der Waals surface area contributed by atoms with Crippen LogP contribution in [0.5, 0.6) is 5.75 Å². The van der Waals surface area contributed by atoms with Gasteiger partial charge in [-0.2, -0.15) is 0 Å². The first-order valence-electron chi connectivity index (χ1n) is 6.89. The quantitative estimate of drug-likeness (QED) is 0.644. The van der Waals surface area contributed by atoms with Crippen LogP contribution >= 0.6 is 0 Å². The third-order valence-corrected chi connectivity index (χ3v) is 3.28. The first kappa shape index (κ1) is 14.1. The van der Waals surface area contributed by atoms with Crippen LogP contribution < -0.4 is 4.74 Å². The van der Waals surface area contributed by atoms with E-state index in [4.69, 9.17) is 9.47 Å². The molecule has 0 aliphatic carbocycles. The molecule has 2 aromatic carbocycles. The molecule has 0 unspecified atom stereocenters. The summed E-state index contributed by atoms with van der Waals surface area (Å²) in [6.45, 7) is 1.98. The number of methoxy groups -OCH3 is 1. The zero-order valence-electron chi connectivity index (χ0n) is 12.4. The third-order valence-electron chi connectivity index (χ3n) is 3.28. The number of hydrogen-bond donors (Lipinski definition) is 0. The second-order valence-corrected chi connectivity index (χ2v) is 4.98. The van der Waals surface area contributed by atoms with Crippen LogP contribution in [-0.4, -0.2) is 19.0 Å². The molecular formula is C18H15NO3. The number of cyclic esters (lactones) is 1. The van der Waals surface area contributed by atoms with Crippen molar-refractivity contribution in [3.05, 3.63) is 70.9 Å². The molecule has 0 aromatic heterocycles. The van der Waals surface area contributed by atoms with Gasteiger partial charge in [0.25, 0.3) is 0 Å². The molecule has 4 heteroatoms. The molecule has 1 heterocycles. The molecule has 0 fully saturated rings. The van der Waals surface area contributed by atoms with E-state index in [2.05, 4.69) is 4.99 Å². The van der Waals surface area contributed by atoms with Crippen LogP contribution in [0.4, 0.5) is 0 Å². The monoisotopic (exact) mass is 293 g/mol. The van der Waals surface area contributed by atoms with Crippen LogP contribution in [0.25, 0.3) is 6.08 Å². The average Bonchev–Trinajstić information content (AvgIpc) is 2.89. The lowest BCUT2D eigenvalue weighted by atomic mass is 10.1. The van der Waals surface area contributed by atoms with Gasteiger partial charge in [0.2, 0.25) is 5.90 Å². The van der Waals surface area contributed by atoms with Gasteiger partial charge < -0.3 is 9.47 Å². The Bertz CT molecular complexity index is 790. The topological polar surface area (TPSA) is 47.9 Å². The fourth-order valence-electron chi connectivity index (χ4n) is 2.20. The lowest BCUT2D eigenvalue weighted by Gasteiger charge is -2.00. The molecule has 3 rings (SSSR count). The maximum absolute atomic E-state index is 12.0. The van der Waals surface area contributed by atoms with E-state index >= 15 is 0 Å². The number of ether oxygens (including phenoxy) is 2. The molecule has 110 valence electrons. The molecule has 0 spiro atoms. The summed E-state index contributed by atoms with van der Waals surface area (Å²) >= 11 is 0. The van der Waals surface area contributed by atoms with Crippen molar-refractivity contribution in [2.45, 2.75) is 6.92 Å². The molecule has 4 nitrogen and oxygen atoms in total. The molecule has 0 N–H and O–H groups in total. The van der Waals surface area contributed by atoms with Gasteiger partial charge >= 0.3 is 5.97 Å². The van der Waals surface area contributed by atoms with E-state index in [1.807, 2.05) is 55.5 Å². The largest absolute Gasteiger partial charge is 0.497 e. The Morgan fingerprint density at radius 3 is 2.73 bits per heavy atom. The van der Waals surface area contributed by atoms with Gasteiger partial charge in [-0.15, -0.1) is 0 Å². The first-order valence-corrected chi connectivity index (χ1v) is 6.89. The Hall–Kier alpha value is -2.88. The minimum atomic E-state index is -0.445. The van der Waals surface area contributed by atoms with Gasteiger partial charge in [-0.3, -0.25) is 0 Å². The van der Waals surface area contributed by atoms with Crippen LogP contribution in [-0.2, 0) is 9.53 Å². The van der Waals surface area contributed by atoms with Crippen molar-refractivity contribution in [3.63, 3.8) is 0 Å². The van der Waals surface area contributed by atoms with Crippen LogP contribution in [0.1, 0.15) is 16.7 Å². The zero-order valence-corrected chi connectivity index (χ0v) is 12.4. The van der Waals surface area contributed by atoms with Gasteiger partial charge in [-0.1, -0.05) is 29.8 Å². The van der Waals surface area contributed by atoms with E-state index < -0.39 is 5.97 Å². The summed E-state index contributed by atoms with van der Waals surface area (Å²) in [5.41, 5.74) is 2.99. The van der Waals surface area contributed by atoms with Crippen molar-refractivity contribution in [3.8, 4) is 5.75 Å². The summed E-state index contributed by atoms with van der Waals surface area (Å²) in [5, 5.41) is 0. The number of carbonyl (C=O) groups excluding carboxylic acids is 1. The number of carbonyl (C=O) groups is 1. The van der Waals surface area contributed by atoms with Gasteiger partial charge in [0.05, 0.1) is 7.11 Å². The first-order chi connectivity index (χ1) is 10.7. The molecule has 22 heavy (non-hydrogen) atoms. The number of hydrogen-bond acceptors (Lipinski definition) is 4. The fraction of sp³-hybridized carbons (Fsp3) is 0.111. The molecular weight excluding hydrogens is 278 g/mol. The summed E-state index contributed by atoms with van der Waals surface area (Å²) in [6, 6.07) is 15.1. The lowest BCUT2D eigenvalue weighted by molar-refractivity contribution is -0.129. The second-order valence-electron chi connectivity index (χ2n) is 4.98. The van der Waals surface area contributed by atoms with E-state index in [0.717, 1.165) is 22.4 Å². The molecule has 2 aromatic rings. The predicted molar refractivity (Wildman–Crippen MR) is 84.8 cm³/mol. The van der Waals surface area contributed by atoms with Crippen LogP contribution in [0, 0.1) is 6.92 Å². The molecule has 1 aliphatic heterocycles. The van der Waals surface area contributed by atoms with Crippen LogP contribution in [0.15, 0.2) is 59.2 Å². The smallest absolute Gasteiger partial charge is 0.363 e. The zero-order chi connectivity index (χ0) is 15.5. The van der Waals surface area contributed by atoms with Gasteiger partial charge in [-0.05, 0) is 42.8 Å². The lowest BCUT2D eigenvalue weighted by Crippen LogP contribution is -2.05. The third kappa shape index (κ3) is 2.91. The highest BCUT2D eigenvalue weighted by molar-refractivity contribution is 6.12. The Morgan fingerprint density at radius 2 is 1.95 bits per heavy atom. The SMILES string of the molecule is COc1cccc(C=C2N=C(c3cccc(C)c3)OC2=O)c1. The molecule has 0 atom stereocenters. The Balaban J connectivity index is 1.94. The molecule has 0 saturated heterocycles. The molecule has 0 radical (unpaired) electrons. The number of rotatable bonds is 3. The van der Waals surface area contributed by atoms with Gasteiger partial charge in [0.1, 0.15) is 5.75 Å². The summed E-state index contributed by atoms with van der Waals surface area (Å²) in [4.78, 5) is 16.3. The highest BCUT2D eigenvalue weighted by Gasteiger charge is 2.24. The van der Waals surface area contributed by atoms with Crippen LogP contribution in [0.3, 0.4) is 0 Å². The van der Waals surface area contributed by atoms with E-state index in [0.29, 0.717) is 5.90 Å². The molecule has 0 bridgehead atoms. The number of esters is 1. The van der Waals surface area contributed by atoms with Crippen molar-refractivity contribution < 1.29 is 14.3 Å². The van der Waals surface area contributed by atoms with E-state index in [9.17, 15) is 4.79 Å². The normalized spacial score (nSPS) is 15.6. The maximum atomic E-state index is 12.0. The summed E-state index contributed by atoms with van der Waals surface area (Å²) in [5.74, 6) is 0.616. The molecule has 0 saturated carbocycles. The number of aryl methyl sites for hydroxylation is 1. The van der Waals surface area contributed by atoms with Crippen molar-refractivity contribution in [1.29, 1.82) is 0 Å². The fourth-order valence-corrected chi connectivity index (χ4v) is 2.20. The Morgan fingerprint density at radius 1 is 1.14 bits per heavy atom. The standard InChI is InChI=1S/C18H15NO3/c1-12-5-3-7-14(9-12)17-19-16(18(20)22-17)11-13-6-4-8-15(10-13)21-2/h3-11H,1-2H3. The predicted octanol–water partition coefficient (Wildman–Crippen LogP) is 3.35. The summed E-state index contributed by atoms with van der Waals surface area (Å²) in [7, 11) is 1.60. The van der Waals surface area contributed by atoms with Gasteiger partial charge in [-0.25, -0.2) is 9.79 Å². The summed E-state index contributed by atoms with van der Waals surface area (Å²) < 4.78 is 10.4. The molecule has 0 amide bonds. The highest BCUT2D eigenvalue weighted by Crippen LogP contribution is 2.21. The Kier molecular flexibility index (Phi) is 3.74. The second kappa shape index (κ2) is 5.85. The number of nitrogens with zero attached hydrogens (tertiary/aromatic N) is 1. The van der Waals surface area contributed by atoms with Crippen molar-refractivity contribution in [2.24, 2.45) is 4.99 Å². The van der Waals surface area contributed by atoms with Gasteiger partial charge in [0, 0.05) is 5.56 Å². The van der Waals surface area contributed by atoms with Crippen molar-refractivity contribution in [1.82, 2.24) is 0 Å². The number of aliphatic imine (C=N–C) groups is 1. The average molecular weight is 293 g/mol. The van der Waals surface area contributed by atoms with E-state index in [1.54, 1.807) is 13.2 Å². The van der Waals surface area contributed by atoms with Crippen molar-refractivity contribution >= 4 is 17.9 Å². The summed E-state index contributed by atoms with van der Waals surface area (Å²) in [6.07, 6.45) is 1.69. The maximum Gasteiger partial charge on any atom is 0.363 e. The van der Waals surface area contributed by atoms with Crippen molar-refractivity contribution in [2.75, 3.05) is 7.11 Å². The minimum Gasteiger partial charge on any atom is -0.497 e. The molecule has 1 aliphatic rings. The highest BCUT2D eigenvalue weighted by atomic mass is 16.6.